The van der Waals surface area contributed by atoms with Gasteiger partial charge in [-0.15, -0.1) is 6.58 Å². The second-order valence-corrected chi connectivity index (χ2v) is 10.6. The Morgan fingerprint density at radius 3 is 2.50 bits per heavy atom. The first-order chi connectivity index (χ1) is 19.8. The molecule has 1 heterocycles. The number of amides is 2. The Balaban J connectivity index is 2.62. The maximum Gasteiger partial charge on any atom is 0.405 e. The van der Waals surface area contributed by atoms with Crippen molar-refractivity contribution in [3.8, 4) is 0 Å². The van der Waals surface area contributed by atoms with Gasteiger partial charge in [0.25, 0.3) is 5.91 Å². The van der Waals surface area contributed by atoms with Crippen molar-refractivity contribution in [3.63, 3.8) is 0 Å². The number of ketones is 2. The van der Waals surface area contributed by atoms with Crippen LogP contribution in [0.15, 0.2) is 71.1 Å². The van der Waals surface area contributed by atoms with Crippen LogP contribution in [0.5, 0.6) is 0 Å². The molecular weight excluding hydrogens is 542 g/mol. The molecule has 2 rings (SSSR count). The van der Waals surface area contributed by atoms with Crippen LogP contribution >= 0.6 is 0 Å². The number of nitrogens with two attached hydrogens (primary N) is 1. The summed E-state index contributed by atoms with van der Waals surface area (Å²) in [4.78, 5) is 51.3. The zero-order valence-electron chi connectivity index (χ0n) is 25.1. The Hall–Kier alpha value is -3.80. The van der Waals surface area contributed by atoms with Gasteiger partial charge in [0, 0.05) is 43.9 Å². The predicted molar refractivity (Wildman–Crippen MR) is 158 cm³/mol. The van der Waals surface area contributed by atoms with Crippen LogP contribution in [0.4, 0.5) is 4.79 Å². The summed E-state index contributed by atoms with van der Waals surface area (Å²) >= 11 is 0. The zero-order valence-corrected chi connectivity index (χ0v) is 25.1. The standard InChI is InChI=1S/C31H43N3O8/c1-8-12-33-26-21-13-17(2)14-25(41-7)27(36)19(4)15-20(5)29(42-31(32)39)24(40-6)11-9-10-18(3)30(38)34-22(28(21)37)16-23(26)35/h8-11,15-17,19,24-25,27,29,33,36H,1,12-14H2,2-7H3,(H2,32,39)(H,34,38)/b11-9-,18-10+,20-15+/t17-,19?,24?,25?,27-,29?/m1/s1. The SMILES string of the molecule is C=CCNC1=C2C[C@@H](C)CC(OC)[C@H](O)C(C)/C=C(\C)C(OC(N)=O)C(OC)/C=C\C=C(/C)C(=O)NC(=CC1=O)C2=O. The van der Waals surface area contributed by atoms with E-state index in [0.717, 1.165) is 6.08 Å². The summed E-state index contributed by atoms with van der Waals surface area (Å²) < 4.78 is 16.6. The Labute approximate surface area is 247 Å². The van der Waals surface area contributed by atoms with E-state index in [-0.39, 0.29) is 41.4 Å². The predicted octanol–water partition coefficient (Wildman–Crippen LogP) is 2.54. The molecule has 42 heavy (non-hydrogen) atoms. The number of rotatable bonds is 6. The molecule has 0 radical (unpaired) electrons. The number of allylic oxidation sites excluding steroid dienone is 4. The minimum absolute atomic E-state index is 0.132. The maximum atomic E-state index is 13.5. The van der Waals surface area contributed by atoms with Crippen molar-refractivity contribution in [3.05, 3.63) is 71.1 Å². The highest BCUT2D eigenvalue weighted by atomic mass is 16.6. The number of fused-ring (bicyclic) bond motifs is 2. The van der Waals surface area contributed by atoms with Gasteiger partial charge in [-0.1, -0.05) is 44.2 Å². The number of Topliss-reactive ketones (excluding diaryl/α,β-unsaturated/α-hetero) is 1. The number of primary amides is 1. The van der Waals surface area contributed by atoms with E-state index in [9.17, 15) is 24.3 Å². The lowest BCUT2D eigenvalue weighted by molar-refractivity contribution is -0.120. The van der Waals surface area contributed by atoms with Crippen molar-refractivity contribution in [1.29, 1.82) is 0 Å². The molecule has 0 saturated carbocycles. The molecule has 1 aliphatic carbocycles. The summed E-state index contributed by atoms with van der Waals surface area (Å²) in [6.07, 6.45) is 5.34. The first kappa shape index (κ1) is 34.4. The fourth-order valence-electron chi connectivity index (χ4n) is 4.95. The van der Waals surface area contributed by atoms with E-state index < -0.39 is 53.9 Å². The number of aliphatic hydroxyl groups excluding tert-OH is 1. The normalized spacial score (nSPS) is 31.6. The van der Waals surface area contributed by atoms with Crippen LogP contribution in [0.2, 0.25) is 0 Å². The smallest absolute Gasteiger partial charge is 0.405 e. The molecule has 11 heteroatoms. The Morgan fingerprint density at radius 1 is 1.21 bits per heavy atom. The highest BCUT2D eigenvalue weighted by molar-refractivity contribution is 6.23. The van der Waals surface area contributed by atoms with Crippen LogP contribution in [0.1, 0.15) is 40.5 Å². The zero-order chi connectivity index (χ0) is 31.6. The molecular formula is C31H43N3O8. The Morgan fingerprint density at radius 2 is 1.90 bits per heavy atom. The summed E-state index contributed by atoms with van der Waals surface area (Å²) in [6, 6.07) is 0. The van der Waals surface area contributed by atoms with Crippen molar-refractivity contribution in [2.75, 3.05) is 20.8 Å². The lowest BCUT2D eigenvalue weighted by Gasteiger charge is -2.30. The third-order valence-corrected chi connectivity index (χ3v) is 7.22. The molecule has 0 aromatic heterocycles. The molecule has 2 bridgehead atoms. The molecule has 0 saturated heterocycles. The van der Waals surface area contributed by atoms with E-state index in [4.69, 9.17) is 19.9 Å². The number of hydrogen-bond acceptors (Lipinski definition) is 9. The van der Waals surface area contributed by atoms with Crippen molar-refractivity contribution in [2.24, 2.45) is 17.6 Å². The lowest BCUT2D eigenvalue weighted by Crippen LogP contribution is -2.37. The number of ether oxygens (including phenoxy) is 3. The van der Waals surface area contributed by atoms with Gasteiger partial charge >= 0.3 is 6.09 Å². The largest absolute Gasteiger partial charge is 0.439 e. The molecule has 230 valence electrons. The van der Waals surface area contributed by atoms with Crippen molar-refractivity contribution in [1.82, 2.24) is 10.6 Å². The molecule has 0 spiro atoms. The van der Waals surface area contributed by atoms with Crippen molar-refractivity contribution < 1.29 is 38.5 Å². The lowest BCUT2D eigenvalue weighted by atomic mass is 9.85. The fraction of sp³-hybridized carbons (Fsp3) is 0.484. The topological polar surface area (TPSA) is 166 Å². The minimum atomic E-state index is -1.00. The van der Waals surface area contributed by atoms with Gasteiger partial charge in [0.1, 0.15) is 6.10 Å². The van der Waals surface area contributed by atoms with E-state index in [0.29, 0.717) is 12.0 Å². The highest BCUT2D eigenvalue weighted by Crippen LogP contribution is 2.28. The Bertz CT molecular complexity index is 1210. The van der Waals surface area contributed by atoms with E-state index in [1.165, 1.54) is 20.3 Å². The number of hydrogen-bond donors (Lipinski definition) is 4. The van der Waals surface area contributed by atoms with E-state index >= 15 is 0 Å². The first-order valence-electron chi connectivity index (χ1n) is 13.8. The van der Waals surface area contributed by atoms with Crippen LogP contribution in [0.25, 0.3) is 0 Å². The Kier molecular flexibility index (Phi) is 13.1. The average molecular weight is 586 g/mol. The summed E-state index contributed by atoms with van der Waals surface area (Å²) in [5, 5.41) is 16.7. The van der Waals surface area contributed by atoms with Gasteiger partial charge in [-0.3, -0.25) is 14.4 Å². The summed E-state index contributed by atoms with van der Waals surface area (Å²) in [6.45, 7) is 10.9. The third-order valence-electron chi connectivity index (χ3n) is 7.22. The number of aliphatic hydroxyl groups is 1. The van der Waals surface area contributed by atoms with Gasteiger partial charge in [0.15, 0.2) is 6.10 Å². The van der Waals surface area contributed by atoms with Gasteiger partial charge in [-0.25, -0.2) is 4.79 Å². The van der Waals surface area contributed by atoms with Crippen LogP contribution in [-0.2, 0) is 28.6 Å². The maximum absolute atomic E-state index is 13.5. The average Bonchev–Trinajstić information content (AvgIpc) is 2.94. The van der Waals surface area contributed by atoms with Gasteiger partial charge in [-0.05, 0) is 38.2 Å². The molecule has 11 nitrogen and oxygen atoms in total. The second-order valence-electron chi connectivity index (χ2n) is 10.6. The molecule has 2 aliphatic rings. The van der Waals surface area contributed by atoms with Gasteiger partial charge in [0.2, 0.25) is 11.6 Å². The fourth-order valence-corrected chi connectivity index (χ4v) is 4.95. The highest BCUT2D eigenvalue weighted by Gasteiger charge is 2.33. The minimum Gasteiger partial charge on any atom is -0.439 e. The first-order valence-corrected chi connectivity index (χ1v) is 13.8. The number of nitrogens with one attached hydrogen (secondary N) is 2. The molecule has 5 N–H and O–H groups in total. The van der Waals surface area contributed by atoms with Crippen molar-refractivity contribution >= 4 is 23.6 Å². The van der Waals surface area contributed by atoms with Crippen LogP contribution in [-0.4, -0.2) is 73.9 Å². The van der Waals surface area contributed by atoms with Gasteiger partial charge in [0.05, 0.1) is 23.6 Å². The van der Waals surface area contributed by atoms with Crippen LogP contribution in [0, 0.1) is 11.8 Å². The summed E-state index contributed by atoms with van der Waals surface area (Å²) in [7, 11) is 2.92. The van der Waals surface area contributed by atoms with Gasteiger partial charge in [-0.2, -0.15) is 0 Å². The molecule has 0 fully saturated rings. The van der Waals surface area contributed by atoms with Crippen LogP contribution in [0.3, 0.4) is 0 Å². The van der Waals surface area contributed by atoms with E-state index in [2.05, 4.69) is 17.2 Å². The molecule has 0 aromatic rings. The number of carbonyl (C=O) groups excluding carboxylic acids is 4. The molecule has 2 amide bonds. The summed E-state index contributed by atoms with van der Waals surface area (Å²) in [5.74, 6) is -2.14. The molecule has 1 aliphatic heterocycles. The number of carbonyl (C=O) groups is 4. The van der Waals surface area contributed by atoms with E-state index in [1.54, 1.807) is 45.1 Å². The van der Waals surface area contributed by atoms with Crippen molar-refractivity contribution in [2.45, 2.75) is 65.0 Å². The molecule has 6 atom stereocenters. The third kappa shape index (κ3) is 9.10. The quantitative estimate of drug-likeness (QED) is 0.271. The summed E-state index contributed by atoms with van der Waals surface area (Å²) in [5.41, 5.74) is 6.42. The van der Waals surface area contributed by atoms with E-state index in [1.807, 2.05) is 6.92 Å². The molecule has 4 unspecified atom stereocenters. The van der Waals surface area contributed by atoms with Gasteiger partial charge < -0.3 is 35.7 Å². The number of methoxy groups -OCH3 is 2. The second kappa shape index (κ2) is 16.0. The monoisotopic (exact) mass is 585 g/mol. The molecule has 0 aromatic carbocycles. The van der Waals surface area contributed by atoms with Crippen LogP contribution < -0.4 is 16.4 Å².